The molecule has 0 spiro atoms. The van der Waals surface area contributed by atoms with Crippen LogP contribution in [0.25, 0.3) is 0 Å². The van der Waals surface area contributed by atoms with Crippen molar-refractivity contribution in [3.63, 3.8) is 0 Å². The minimum Gasteiger partial charge on any atom is -0.329 e. The second-order valence-electron chi connectivity index (χ2n) is 6.75. The Labute approximate surface area is 122 Å². The van der Waals surface area contributed by atoms with E-state index in [1.807, 2.05) is 12.1 Å². The van der Waals surface area contributed by atoms with Gasteiger partial charge in [-0.25, -0.2) is 4.39 Å². The van der Waals surface area contributed by atoms with Crippen molar-refractivity contribution in [3.05, 3.63) is 35.6 Å². The first-order valence-corrected chi connectivity index (χ1v) is 7.66. The quantitative estimate of drug-likeness (QED) is 0.830. The van der Waals surface area contributed by atoms with E-state index in [1.54, 1.807) is 6.07 Å². The lowest BCUT2D eigenvalue weighted by molar-refractivity contribution is 0.0855. The van der Waals surface area contributed by atoms with Crippen LogP contribution >= 0.6 is 0 Å². The first-order valence-electron chi connectivity index (χ1n) is 7.66. The predicted molar refractivity (Wildman–Crippen MR) is 82.1 cm³/mol. The lowest BCUT2D eigenvalue weighted by Crippen LogP contribution is -2.55. The molecule has 0 heterocycles. The normalized spacial score (nSPS) is 18.6. The number of benzene rings is 1. The summed E-state index contributed by atoms with van der Waals surface area (Å²) in [6.45, 7) is 8.24. The molecule has 3 heteroatoms. The highest BCUT2D eigenvalue weighted by atomic mass is 19.1. The van der Waals surface area contributed by atoms with Crippen LogP contribution in [0.1, 0.15) is 39.2 Å². The van der Waals surface area contributed by atoms with Gasteiger partial charge in [-0.05, 0) is 43.7 Å². The van der Waals surface area contributed by atoms with Gasteiger partial charge in [-0.1, -0.05) is 32.0 Å². The van der Waals surface area contributed by atoms with Crippen LogP contribution in [-0.4, -0.2) is 29.6 Å². The molecule has 1 aromatic rings. The number of rotatable bonds is 7. The average Bonchev–Trinajstić information content (AvgIpc) is 3.22. The topological polar surface area (TPSA) is 29.3 Å². The van der Waals surface area contributed by atoms with Crippen LogP contribution in [-0.2, 0) is 6.42 Å². The molecular weight excluding hydrogens is 251 g/mol. The second-order valence-corrected chi connectivity index (χ2v) is 6.75. The highest BCUT2D eigenvalue weighted by Crippen LogP contribution is 2.35. The van der Waals surface area contributed by atoms with E-state index >= 15 is 0 Å². The van der Waals surface area contributed by atoms with E-state index in [1.165, 1.54) is 18.9 Å². The maximum Gasteiger partial charge on any atom is 0.126 e. The fourth-order valence-electron chi connectivity index (χ4n) is 2.93. The molecule has 1 unspecified atom stereocenters. The zero-order chi connectivity index (χ0) is 14.8. The Morgan fingerprint density at radius 1 is 1.35 bits per heavy atom. The molecule has 112 valence electrons. The van der Waals surface area contributed by atoms with Gasteiger partial charge in [0.1, 0.15) is 5.82 Å². The lowest BCUT2D eigenvalue weighted by atomic mass is 9.89. The van der Waals surface area contributed by atoms with E-state index in [2.05, 4.69) is 25.7 Å². The van der Waals surface area contributed by atoms with Crippen molar-refractivity contribution >= 4 is 0 Å². The van der Waals surface area contributed by atoms with Crippen molar-refractivity contribution in [3.8, 4) is 0 Å². The molecule has 0 amide bonds. The molecule has 0 aromatic heterocycles. The number of hydrogen-bond acceptors (Lipinski definition) is 2. The van der Waals surface area contributed by atoms with Gasteiger partial charge in [0.2, 0.25) is 0 Å². The van der Waals surface area contributed by atoms with Crippen LogP contribution in [0.3, 0.4) is 0 Å². The van der Waals surface area contributed by atoms with Crippen LogP contribution in [0.2, 0.25) is 0 Å². The molecule has 1 fully saturated rings. The van der Waals surface area contributed by atoms with Crippen LogP contribution in [0.15, 0.2) is 24.3 Å². The minimum atomic E-state index is -0.159. The fraction of sp³-hybridized carbons (Fsp3) is 0.647. The van der Waals surface area contributed by atoms with E-state index in [4.69, 9.17) is 5.73 Å². The standard InChI is InChI=1S/C17H27FN2/c1-13(2)11-20(15-8-9-15)17(3,12-19)10-14-6-4-5-7-16(14)18/h4-7,13,15H,8-12,19H2,1-3H3. The molecule has 1 saturated carbocycles. The minimum absolute atomic E-state index is 0.118. The summed E-state index contributed by atoms with van der Waals surface area (Å²) in [5, 5.41) is 0. The van der Waals surface area contributed by atoms with Crippen molar-refractivity contribution in [1.29, 1.82) is 0 Å². The van der Waals surface area contributed by atoms with Gasteiger partial charge in [-0.2, -0.15) is 0 Å². The monoisotopic (exact) mass is 278 g/mol. The predicted octanol–water partition coefficient (Wildman–Crippen LogP) is 3.21. The maximum absolute atomic E-state index is 13.9. The van der Waals surface area contributed by atoms with Crippen LogP contribution in [0.5, 0.6) is 0 Å². The Morgan fingerprint density at radius 2 is 2.00 bits per heavy atom. The van der Waals surface area contributed by atoms with Gasteiger partial charge < -0.3 is 5.73 Å². The third-order valence-corrected chi connectivity index (χ3v) is 4.21. The summed E-state index contributed by atoms with van der Waals surface area (Å²) >= 11 is 0. The molecular formula is C17H27FN2. The van der Waals surface area contributed by atoms with Gasteiger partial charge >= 0.3 is 0 Å². The smallest absolute Gasteiger partial charge is 0.126 e. The van der Waals surface area contributed by atoms with Crippen molar-refractivity contribution in [1.82, 2.24) is 4.90 Å². The number of halogens is 1. The third kappa shape index (κ3) is 3.58. The molecule has 1 aliphatic carbocycles. The Balaban J connectivity index is 2.20. The van der Waals surface area contributed by atoms with Crippen LogP contribution in [0.4, 0.5) is 4.39 Å². The number of nitrogens with zero attached hydrogens (tertiary/aromatic N) is 1. The molecule has 0 aliphatic heterocycles. The SMILES string of the molecule is CC(C)CN(C1CC1)C(C)(CN)Cc1ccccc1F. The second kappa shape index (κ2) is 6.23. The summed E-state index contributed by atoms with van der Waals surface area (Å²) in [5.41, 5.74) is 6.70. The van der Waals surface area contributed by atoms with Crippen molar-refractivity contribution in [2.45, 2.75) is 51.6 Å². The molecule has 2 nitrogen and oxygen atoms in total. The number of hydrogen-bond donors (Lipinski definition) is 1. The van der Waals surface area contributed by atoms with E-state index in [0.717, 1.165) is 12.1 Å². The molecule has 2 N–H and O–H groups in total. The van der Waals surface area contributed by atoms with Crippen molar-refractivity contribution in [2.75, 3.05) is 13.1 Å². The molecule has 0 bridgehead atoms. The van der Waals surface area contributed by atoms with Gasteiger partial charge in [0.15, 0.2) is 0 Å². The highest BCUT2D eigenvalue weighted by molar-refractivity contribution is 5.20. The maximum atomic E-state index is 13.9. The fourth-order valence-corrected chi connectivity index (χ4v) is 2.93. The first kappa shape index (κ1) is 15.5. The largest absolute Gasteiger partial charge is 0.329 e. The summed E-state index contributed by atoms with van der Waals surface area (Å²) in [5.74, 6) is 0.481. The zero-order valence-electron chi connectivity index (χ0n) is 12.9. The first-order chi connectivity index (χ1) is 9.46. The van der Waals surface area contributed by atoms with Crippen molar-refractivity contribution < 1.29 is 4.39 Å². The van der Waals surface area contributed by atoms with Crippen LogP contribution < -0.4 is 5.73 Å². The van der Waals surface area contributed by atoms with Gasteiger partial charge in [0.05, 0.1) is 0 Å². The molecule has 1 atom stereocenters. The zero-order valence-corrected chi connectivity index (χ0v) is 12.9. The summed E-state index contributed by atoms with van der Waals surface area (Å²) in [4.78, 5) is 2.52. The Hall–Kier alpha value is -0.930. The Kier molecular flexibility index (Phi) is 4.82. The molecule has 20 heavy (non-hydrogen) atoms. The van der Waals surface area contributed by atoms with Gasteiger partial charge in [-0.15, -0.1) is 0 Å². The van der Waals surface area contributed by atoms with E-state index in [9.17, 15) is 4.39 Å². The van der Waals surface area contributed by atoms with E-state index in [0.29, 0.717) is 24.9 Å². The molecule has 0 saturated heterocycles. The third-order valence-electron chi connectivity index (χ3n) is 4.21. The molecule has 1 aliphatic rings. The van der Waals surface area contributed by atoms with Crippen molar-refractivity contribution in [2.24, 2.45) is 11.7 Å². The summed E-state index contributed by atoms with van der Waals surface area (Å²) in [6, 6.07) is 7.70. The van der Waals surface area contributed by atoms with Crippen LogP contribution in [0, 0.1) is 11.7 Å². The summed E-state index contributed by atoms with van der Waals surface area (Å²) in [7, 11) is 0. The molecule has 2 rings (SSSR count). The lowest BCUT2D eigenvalue weighted by Gasteiger charge is -2.42. The van der Waals surface area contributed by atoms with Gasteiger partial charge in [0, 0.05) is 24.7 Å². The molecule has 1 aromatic carbocycles. The van der Waals surface area contributed by atoms with E-state index in [-0.39, 0.29) is 11.4 Å². The average molecular weight is 278 g/mol. The van der Waals surface area contributed by atoms with Gasteiger partial charge in [0.25, 0.3) is 0 Å². The van der Waals surface area contributed by atoms with E-state index < -0.39 is 0 Å². The Morgan fingerprint density at radius 3 is 2.50 bits per heavy atom. The summed E-state index contributed by atoms with van der Waals surface area (Å²) in [6.07, 6.45) is 3.18. The number of nitrogens with two attached hydrogens (primary N) is 1. The Bertz CT molecular complexity index is 442. The highest BCUT2D eigenvalue weighted by Gasteiger charge is 2.40. The summed E-state index contributed by atoms with van der Waals surface area (Å²) < 4.78 is 13.9. The molecule has 0 radical (unpaired) electrons. The van der Waals surface area contributed by atoms with Gasteiger partial charge in [-0.3, -0.25) is 4.90 Å².